The molecule has 2 aromatic rings. The van der Waals surface area contributed by atoms with Gasteiger partial charge in [-0.05, 0) is 36.6 Å². The van der Waals surface area contributed by atoms with Crippen LogP contribution in [-0.2, 0) is 27.0 Å². The van der Waals surface area contributed by atoms with Gasteiger partial charge in [-0.2, -0.15) is 0 Å². The number of carbonyl (C=O) groups excluding carboxylic acids is 1. The van der Waals surface area contributed by atoms with E-state index in [1.807, 2.05) is 50.2 Å². The van der Waals surface area contributed by atoms with Gasteiger partial charge in [-0.25, -0.2) is 13.1 Å². The lowest BCUT2D eigenvalue weighted by molar-refractivity contribution is -0.115. The highest BCUT2D eigenvalue weighted by molar-refractivity contribution is 7.88. The molecule has 2 N–H and O–H groups in total. The van der Waals surface area contributed by atoms with E-state index in [4.69, 9.17) is 0 Å². The van der Waals surface area contributed by atoms with Crippen molar-refractivity contribution in [3.05, 3.63) is 65.2 Å². The second kappa shape index (κ2) is 8.08. The van der Waals surface area contributed by atoms with Crippen LogP contribution in [-0.4, -0.2) is 20.9 Å². The average molecular weight is 346 g/mol. The Morgan fingerprint density at radius 1 is 1.04 bits per heavy atom. The first-order chi connectivity index (χ1) is 11.4. The average Bonchev–Trinajstić information content (AvgIpc) is 2.53. The number of nitrogens with one attached hydrogen (secondary N) is 2. The molecule has 0 saturated heterocycles. The molecule has 2 aromatic carbocycles. The van der Waals surface area contributed by atoms with Crippen molar-refractivity contribution in [2.45, 2.75) is 26.0 Å². The third-order valence-electron chi connectivity index (χ3n) is 3.51. The molecule has 0 aliphatic heterocycles. The Labute approximate surface area is 143 Å². The zero-order valence-corrected chi connectivity index (χ0v) is 14.7. The summed E-state index contributed by atoms with van der Waals surface area (Å²) in [6.45, 7) is 3.65. The topological polar surface area (TPSA) is 75.3 Å². The Bertz CT molecular complexity index is 817. The molecule has 0 atom stereocenters. The number of carbonyl (C=O) groups is 1. The van der Waals surface area contributed by atoms with Crippen LogP contribution in [0.25, 0.3) is 0 Å². The van der Waals surface area contributed by atoms with Crippen molar-refractivity contribution in [2.24, 2.45) is 0 Å². The van der Waals surface area contributed by atoms with E-state index < -0.39 is 15.9 Å². The lowest BCUT2D eigenvalue weighted by Crippen LogP contribution is -2.33. The molecule has 24 heavy (non-hydrogen) atoms. The molecule has 2 rings (SSSR count). The van der Waals surface area contributed by atoms with E-state index >= 15 is 0 Å². The molecule has 1 amide bonds. The molecule has 0 bridgehead atoms. The minimum absolute atomic E-state index is 0.146. The van der Waals surface area contributed by atoms with Crippen molar-refractivity contribution in [3.8, 4) is 0 Å². The van der Waals surface area contributed by atoms with Crippen LogP contribution in [0, 0.1) is 6.92 Å². The number of anilines is 1. The zero-order chi connectivity index (χ0) is 17.6. The van der Waals surface area contributed by atoms with Crippen LogP contribution in [0.3, 0.4) is 0 Å². The van der Waals surface area contributed by atoms with Crippen LogP contribution < -0.4 is 10.0 Å². The molecule has 0 saturated carbocycles. The van der Waals surface area contributed by atoms with Crippen LogP contribution in [0.15, 0.2) is 48.5 Å². The highest BCUT2D eigenvalue weighted by atomic mass is 32.2. The summed E-state index contributed by atoms with van der Waals surface area (Å²) < 4.78 is 26.5. The minimum atomic E-state index is -3.56. The fourth-order valence-corrected chi connectivity index (χ4v) is 3.39. The lowest BCUT2D eigenvalue weighted by Gasteiger charge is -2.09. The number of aryl methyl sites for hydroxylation is 2. The molecule has 6 heteroatoms. The SMILES string of the molecule is CCc1cccc(NC(=O)CNS(=O)(=O)Cc2cccc(C)c2)c1. The van der Waals surface area contributed by atoms with Crippen molar-refractivity contribution in [2.75, 3.05) is 11.9 Å². The molecule has 0 unspecified atom stereocenters. The molecule has 0 aliphatic carbocycles. The maximum absolute atomic E-state index is 12.1. The first-order valence-corrected chi connectivity index (χ1v) is 9.45. The number of hydrogen-bond donors (Lipinski definition) is 2. The second-order valence-electron chi connectivity index (χ2n) is 5.67. The van der Waals surface area contributed by atoms with E-state index in [1.54, 1.807) is 12.1 Å². The van der Waals surface area contributed by atoms with Gasteiger partial charge in [0.2, 0.25) is 15.9 Å². The fraction of sp³-hybridized carbons (Fsp3) is 0.278. The summed E-state index contributed by atoms with van der Waals surface area (Å²) in [7, 11) is -3.56. The molecular weight excluding hydrogens is 324 g/mol. The Balaban J connectivity index is 1.90. The van der Waals surface area contributed by atoms with Gasteiger partial charge in [-0.3, -0.25) is 4.79 Å². The fourth-order valence-electron chi connectivity index (χ4n) is 2.32. The summed E-state index contributed by atoms with van der Waals surface area (Å²) in [5.74, 6) is -0.538. The molecule has 0 fully saturated rings. The second-order valence-corrected chi connectivity index (χ2v) is 7.48. The predicted octanol–water partition coefficient (Wildman–Crippen LogP) is 2.62. The highest BCUT2D eigenvalue weighted by Crippen LogP contribution is 2.11. The number of benzene rings is 2. The number of amides is 1. The van der Waals surface area contributed by atoms with Gasteiger partial charge in [0.15, 0.2) is 0 Å². The van der Waals surface area contributed by atoms with E-state index in [2.05, 4.69) is 10.0 Å². The normalized spacial score (nSPS) is 11.2. The summed E-state index contributed by atoms with van der Waals surface area (Å²) in [5.41, 5.74) is 3.46. The third-order valence-corrected chi connectivity index (χ3v) is 4.81. The van der Waals surface area contributed by atoms with E-state index in [0.717, 1.165) is 17.5 Å². The molecule has 0 aliphatic rings. The van der Waals surface area contributed by atoms with Gasteiger partial charge in [-0.1, -0.05) is 48.9 Å². The van der Waals surface area contributed by atoms with Crippen molar-refractivity contribution < 1.29 is 13.2 Å². The highest BCUT2D eigenvalue weighted by Gasteiger charge is 2.13. The summed E-state index contributed by atoms with van der Waals surface area (Å²) >= 11 is 0. The Kier molecular flexibility index (Phi) is 6.11. The summed E-state index contributed by atoms with van der Waals surface area (Å²) in [4.78, 5) is 11.9. The van der Waals surface area contributed by atoms with Crippen molar-refractivity contribution in [3.63, 3.8) is 0 Å². The summed E-state index contributed by atoms with van der Waals surface area (Å²) in [6, 6.07) is 14.8. The molecule has 128 valence electrons. The van der Waals surface area contributed by atoms with Crippen LogP contribution in [0.2, 0.25) is 0 Å². The maximum Gasteiger partial charge on any atom is 0.239 e. The van der Waals surface area contributed by atoms with Crippen molar-refractivity contribution in [1.29, 1.82) is 0 Å². The van der Waals surface area contributed by atoms with Gasteiger partial charge in [0, 0.05) is 5.69 Å². The van der Waals surface area contributed by atoms with Gasteiger partial charge < -0.3 is 5.32 Å². The van der Waals surface area contributed by atoms with E-state index in [0.29, 0.717) is 11.3 Å². The standard InChI is InChI=1S/C18H22N2O3S/c1-3-15-7-5-9-17(11-15)20-18(21)12-19-24(22,23)13-16-8-4-6-14(2)10-16/h4-11,19H,3,12-13H2,1-2H3,(H,20,21). The van der Waals surface area contributed by atoms with E-state index in [1.165, 1.54) is 0 Å². The van der Waals surface area contributed by atoms with Gasteiger partial charge in [-0.15, -0.1) is 0 Å². The first kappa shape index (κ1) is 18.2. The smallest absolute Gasteiger partial charge is 0.239 e. The Morgan fingerprint density at radius 3 is 2.46 bits per heavy atom. The molecule has 0 spiro atoms. The van der Waals surface area contributed by atoms with Crippen LogP contribution in [0.4, 0.5) is 5.69 Å². The molecule has 0 radical (unpaired) electrons. The minimum Gasteiger partial charge on any atom is -0.325 e. The van der Waals surface area contributed by atoms with Gasteiger partial charge in [0.25, 0.3) is 0 Å². The third kappa shape index (κ3) is 5.79. The largest absolute Gasteiger partial charge is 0.325 e. The van der Waals surface area contributed by atoms with Crippen LogP contribution in [0.5, 0.6) is 0 Å². The quantitative estimate of drug-likeness (QED) is 0.809. The molecule has 0 aromatic heterocycles. The molecular formula is C18H22N2O3S. The summed E-state index contributed by atoms with van der Waals surface area (Å²) in [6.07, 6.45) is 0.868. The van der Waals surface area contributed by atoms with Gasteiger partial charge in [0.05, 0.1) is 12.3 Å². The Hall–Kier alpha value is -2.18. The molecule has 5 nitrogen and oxygen atoms in total. The predicted molar refractivity (Wildman–Crippen MR) is 96.3 cm³/mol. The lowest BCUT2D eigenvalue weighted by atomic mass is 10.1. The number of hydrogen-bond acceptors (Lipinski definition) is 3. The number of rotatable bonds is 7. The van der Waals surface area contributed by atoms with E-state index in [9.17, 15) is 13.2 Å². The monoisotopic (exact) mass is 346 g/mol. The van der Waals surface area contributed by atoms with Crippen molar-refractivity contribution >= 4 is 21.6 Å². The summed E-state index contributed by atoms with van der Waals surface area (Å²) in [5, 5.41) is 2.70. The van der Waals surface area contributed by atoms with Crippen molar-refractivity contribution in [1.82, 2.24) is 4.72 Å². The Morgan fingerprint density at radius 2 is 1.75 bits per heavy atom. The van der Waals surface area contributed by atoms with Gasteiger partial charge >= 0.3 is 0 Å². The zero-order valence-electron chi connectivity index (χ0n) is 13.9. The maximum atomic E-state index is 12.1. The van der Waals surface area contributed by atoms with Crippen LogP contribution in [0.1, 0.15) is 23.6 Å². The van der Waals surface area contributed by atoms with Gasteiger partial charge in [0.1, 0.15) is 0 Å². The van der Waals surface area contributed by atoms with E-state index in [-0.39, 0.29) is 12.3 Å². The number of sulfonamides is 1. The van der Waals surface area contributed by atoms with Crippen LogP contribution >= 0.6 is 0 Å². The molecule has 0 heterocycles. The first-order valence-electron chi connectivity index (χ1n) is 7.79.